The highest BCUT2D eigenvalue weighted by Gasteiger charge is 2.48. The van der Waals surface area contributed by atoms with Crippen LogP contribution in [0, 0.1) is 5.41 Å². The number of carbonyl (C=O) groups excluding carboxylic acids is 2. The van der Waals surface area contributed by atoms with Gasteiger partial charge in [0.05, 0.1) is 5.41 Å². The van der Waals surface area contributed by atoms with Gasteiger partial charge in [0.1, 0.15) is 5.60 Å². The summed E-state index contributed by atoms with van der Waals surface area (Å²) in [5.74, 6) is 0.250. The van der Waals surface area contributed by atoms with Crippen LogP contribution in [0.2, 0.25) is 0 Å². The topological polar surface area (TPSA) is 49.9 Å². The first-order valence-electron chi connectivity index (χ1n) is 9.10. The van der Waals surface area contributed by atoms with Gasteiger partial charge in [-0.05, 0) is 45.6 Å². The quantitative estimate of drug-likeness (QED) is 0.826. The highest BCUT2D eigenvalue weighted by molar-refractivity contribution is 5.85. The van der Waals surface area contributed by atoms with E-state index in [9.17, 15) is 9.59 Å². The van der Waals surface area contributed by atoms with Gasteiger partial charge in [0.25, 0.3) is 0 Å². The molecule has 5 heteroatoms. The third-order valence-electron chi connectivity index (χ3n) is 5.19. The van der Waals surface area contributed by atoms with Crippen LogP contribution in [0.4, 0.5) is 4.79 Å². The highest BCUT2D eigenvalue weighted by atomic mass is 16.6. The van der Waals surface area contributed by atoms with Crippen LogP contribution in [0.15, 0.2) is 30.3 Å². The zero-order chi connectivity index (χ0) is 18.1. The third kappa shape index (κ3) is 3.97. The van der Waals surface area contributed by atoms with Crippen molar-refractivity contribution in [3.05, 3.63) is 35.9 Å². The molecule has 5 nitrogen and oxygen atoms in total. The first-order chi connectivity index (χ1) is 11.8. The first-order valence-corrected chi connectivity index (χ1v) is 9.10. The molecule has 0 bridgehead atoms. The van der Waals surface area contributed by atoms with Crippen molar-refractivity contribution < 1.29 is 14.3 Å². The molecule has 2 amide bonds. The minimum atomic E-state index is -0.484. The van der Waals surface area contributed by atoms with Crippen molar-refractivity contribution in [2.45, 2.75) is 52.2 Å². The Bertz CT molecular complexity index is 628. The van der Waals surface area contributed by atoms with Crippen LogP contribution >= 0.6 is 0 Å². The third-order valence-corrected chi connectivity index (χ3v) is 5.19. The van der Waals surface area contributed by atoms with E-state index in [1.807, 2.05) is 43.9 Å². The predicted molar refractivity (Wildman–Crippen MR) is 96.0 cm³/mol. The van der Waals surface area contributed by atoms with Crippen LogP contribution in [0.3, 0.4) is 0 Å². The summed E-state index contributed by atoms with van der Waals surface area (Å²) < 4.78 is 5.45. The number of hydrogen-bond acceptors (Lipinski definition) is 3. The maximum atomic E-state index is 13.0. The standard InChI is InChI=1S/C20H28N2O3/c1-19(2,3)25-18(24)21-12-9-20(10-13-21)11-14-22(17(20)23)15-16-7-5-4-6-8-16/h4-8H,9-15H2,1-3H3. The molecule has 0 aromatic heterocycles. The summed E-state index contributed by atoms with van der Waals surface area (Å²) in [5, 5.41) is 0. The molecule has 2 fully saturated rings. The number of rotatable bonds is 2. The van der Waals surface area contributed by atoms with Crippen LogP contribution in [0.5, 0.6) is 0 Å². The van der Waals surface area contributed by atoms with Crippen LogP contribution in [0.1, 0.15) is 45.6 Å². The average Bonchev–Trinajstić information content (AvgIpc) is 2.85. The maximum absolute atomic E-state index is 13.0. The van der Waals surface area contributed by atoms with Crippen molar-refractivity contribution in [1.82, 2.24) is 9.80 Å². The van der Waals surface area contributed by atoms with Gasteiger partial charge in [0.2, 0.25) is 5.91 Å². The second-order valence-corrected chi connectivity index (χ2v) is 8.21. The average molecular weight is 344 g/mol. The smallest absolute Gasteiger partial charge is 0.410 e. The lowest BCUT2D eigenvalue weighted by molar-refractivity contribution is -0.138. The summed E-state index contributed by atoms with van der Waals surface area (Å²) in [7, 11) is 0. The molecule has 1 aromatic carbocycles. The maximum Gasteiger partial charge on any atom is 0.410 e. The summed E-state index contributed by atoms with van der Waals surface area (Å²) in [6, 6.07) is 10.1. The molecule has 0 atom stereocenters. The van der Waals surface area contributed by atoms with Crippen molar-refractivity contribution in [3.63, 3.8) is 0 Å². The number of ether oxygens (including phenoxy) is 1. The van der Waals surface area contributed by atoms with E-state index in [0.717, 1.165) is 25.8 Å². The molecular formula is C20H28N2O3. The van der Waals surface area contributed by atoms with Crippen LogP contribution < -0.4 is 0 Å². The van der Waals surface area contributed by atoms with Gasteiger partial charge in [-0.2, -0.15) is 0 Å². The number of piperidine rings is 1. The summed E-state index contributed by atoms with van der Waals surface area (Å²) in [6.45, 7) is 8.30. The molecule has 0 saturated carbocycles. The molecule has 2 aliphatic heterocycles. The van der Waals surface area contributed by atoms with Crippen molar-refractivity contribution in [1.29, 1.82) is 0 Å². The molecule has 136 valence electrons. The fourth-order valence-electron chi connectivity index (χ4n) is 3.76. The molecule has 25 heavy (non-hydrogen) atoms. The molecule has 0 aliphatic carbocycles. The summed E-state index contributed by atoms with van der Waals surface area (Å²) in [5.41, 5.74) is 0.397. The lowest BCUT2D eigenvalue weighted by atomic mass is 9.77. The van der Waals surface area contributed by atoms with Crippen molar-refractivity contribution in [3.8, 4) is 0 Å². The minimum absolute atomic E-state index is 0.250. The van der Waals surface area contributed by atoms with Crippen LogP contribution in [-0.4, -0.2) is 47.0 Å². The number of amides is 2. The second-order valence-electron chi connectivity index (χ2n) is 8.21. The van der Waals surface area contributed by atoms with Gasteiger partial charge in [0.15, 0.2) is 0 Å². The minimum Gasteiger partial charge on any atom is -0.444 e. The first kappa shape index (κ1) is 17.8. The van der Waals surface area contributed by atoms with Gasteiger partial charge in [-0.15, -0.1) is 0 Å². The number of nitrogens with zero attached hydrogens (tertiary/aromatic N) is 2. The molecule has 0 unspecified atom stereocenters. The molecule has 0 N–H and O–H groups in total. The van der Waals surface area contributed by atoms with E-state index in [4.69, 9.17) is 4.74 Å². The number of carbonyl (C=O) groups is 2. The van der Waals surface area contributed by atoms with Crippen LogP contribution in [0.25, 0.3) is 0 Å². The van der Waals surface area contributed by atoms with Crippen molar-refractivity contribution in [2.24, 2.45) is 5.41 Å². The van der Waals surface area contributed by atoms with E-state index < -0.39 is 5.60 Å². The van der Waals surface area contributed by atoms with Gasteiger partial charge in [0, 0.05) is 26.2 Å². The van der Waals surface area contributed by atoms with Gasteiger partial charge >= 0.3 is 6.09 Å². The fraction of sp³-hybridized carbons (Fsp3) is 0.600. The Hall–Kier alpha value is -2.04. The largest absolute Gasteiger partial charge is 0.444 e. The summed E-state index contributed by atoms with van der Waals surface area (Å²) in [6.07, 6.45) is 2.09. The van der Waals surface area contributed by atoms with Crippen molar-refractivity contribution in [2.75, 3.05) is 19.6 Å². The van der Waals surface area contributed by atoms with Gasteiger partial charge in [-0.25, -0.2) is 4.79 Å². The molecule has 0 radical (unpaired) electrons. The zero-order valence-corrected chi connectivity index (χ0v) is 15.5. The molecule has 3 rings (SSSR count). The van der Waals surface area contributed by atoms with E-state index in [2.05, 4.69) is 12.1 Å². The fourth-order valence-corrected chi connectivity index (χ4v) is 3.76. The monoisotopic (exact) mass is 344 g/mol. The van der Waals surface area contributed by atoms with E-state index in [-0.39, 0.29) is 17.4 Å². The Morgan fingerprint density at radius 1 is 1.08 bits per heavy atom. The highest BCUT2D eigenvalue weighted by Crippen LogP contribution is 2.42. The van der Waals surface area contributed by atoms with E-state index in [1.165, 1.54) is 5.56 Å². The summed E-state index contributed by atoms with van der Waals surface area (Å²) in [4.78, 5) is 28.9. The molecule has 2 saturated heterocycles. The number of hydrogen-bond donors (Lipinski definition) is 0. The Morgan fingerprint density at radius 3 is 2.28 bits per heavy atom. The predicted octanol–water partition coefficient (Wildman–Crippen LogP) is 3.44. The second kappa shape index (κ2) is 6.70. The van der Waals surface area contributed by atoms with Gasteiger partial charge in [-0.1, -0.05) is 30.3 Å². The van der Waals surface area contributed by atoms with Gasteiger partial charge < -0.3 is 14.5 Å². The molecule has 2 heterocycles. The lowest BCUT2D eigenvalue weighted by Crippen LogP contribution is -2.47. The number of likely N-dealkylation sites (tertiary alicyclic amines) is 2. The Balaban J connectivity index is 1.58. The Morgan fingerprint density at radius 2 is 1.68 bits per heavy atom. The van der Waals surface area contributed by atoms with E-state index in [0.29, 0.717) is 19.6 Å². The molecule has 2 aliphatic rings. The number of benzene rings is 1. The Labute approximate surface area is 149 Å². The molecule has 1 aromatic rings. The summed E-state index contributed by atoms with van der Waals surface area (Å²) >= 11 is 0. The Kier molecular flexibility index (Phi) is 4.76. The van der Waals surface area contributed by atoms with Crippen LogP contribution in [-0.2, 0) is 16.1 Å². The van der Waals surface area contributed by atoms with E-state index >= 15 is 0 Å². The molecular weight excluding hydrogens is 316 g/mol. The normalized spacial score (nSPS) is 20.2. The van der Waals surface area contributed by atoms with Gasteiger partial charge in [-0.3, -0.25) is 4.79 Å². The van der Waals surface area contributed by atoms with E-state index in [1.54, 1.807) is 4.90 Å². The SMILES string of the molecule is CC(C)(C)OC(=O)N1CCC2(CC1)CCN(Cc1ccccc1)C2=O. The lowest BCUT2D eigenvalue weighted by Gasteiger charge is -2.38. The zero-order valence-electron chi connectivity index (χ0n) is 15.5. The van der Waals surface area contributed by atoms with Crippen molar-refractivity contribution >= 4 is 12.0 Å². The molecule has 1 spiro atoms.